The molecular formula is C21H33ClIN5O2. The Labute approximate surface area is 201 Å². The third-order valence-corrected chi connectivity index (χ3v) is 6.32. The summed E-state index contributed by atoms with van der Waals surface area (Å²) < 4.78 is 5.55. The highest BCUT2D eigenvalue weighted by molar-refractivity contribution is 14.0. The molecule has 30 heavy (non-hydrogen) atoms. The number of nitrogens with one attached hydrogen (secondary N) is 1. The van der Waals surface area contributed by atoms with Gasteiger partial charge in [-0.2, -0.15) is 0 Å². The lowest BCUT2D eigenvalue weighted by molar-refractivity contribution is -0.135. The number of ether oxygens (including phenoxy) is 1. The molecule has 1 aromatic rings. The first-order chi connectivity index (χ1) is 13.9. The molecule has 3 rings (SSSR count). The van der Waals surface area contributed by atoms with Crippen molar-refractivity contribution >= 4 is 47.4 Å². The number of piperazine rings is 1. The van der Waals surface area contributed by atoms with Crippen LogP contribution in [0.3, 0.4) is 0 Å². The van der Waals surface area contributed by atoms with Crippen molar-refractivity contribution in [2.75, 3.05) is 60.5 Å². The topological polar surface area (TPSA) is 60.4 Å². The number of halogens is 2. The molecule has 2 aliphatic rings. The number of benzene rings is 1. The van der Waals surface area contributed by atoms with Crippen molar-refractivity contribution in [3.05, 3.63) is 34.9 Å². The molecule has 0 aliphatic carbocycles. The van der Waals surface area contributed by atoms with Gasteiger partial charge in [-0.25, -0.2) is 0 Å². The van der Waals surface area contributed by atoms with E-state index in [0.717, 1.165) is 50.7 Å². The van der Waals surface area contributed by atoms with Crippen LogP contribution in [0, 0.1) is 0 Å². The van der Waals surface area contributed by atoms with Crippen LogP contribution in [0.5, 0.6) is 0 Å². The smallest absolute Gasteiger partial charge is 0.242 e. The van der Waals surface area contributed by atoms with Crippen molar-refractivity contribution in [1.29, 1.82) is 0 Å². The SMILES string of the molecule is CN=C(NCC1(N(C)C)CCOCC1)N1CCN(Cc2ccc(Cl)cc2)C(=O)C1.I. The predicted molar refractivity (Wildman–Crippen MR) is 132 cm³/mol. The fraction of sp³-hybridized carbons (Fsp3) is 0.619. The molecular weight excluding hydrogens is 517 g/mol. The van der Waals surface area contributed by atoms with E-state index < -0.39 is 0 Å². The first-order valence-electron chi connectivity index (χ1n) is 10.2. The highest BCUT2D eigenvalue weighted by Gasteiger charge is 2.35. The summed E-state index contributed by atoms with van der Waals surface area (Å²) >= 11 is 5.95. The fourth-order valence-electron chi connectivity index (χ4n) is 3.98. The van der Waals surface area contributed by atoms with E-state index in [1.165, 1.54) is 0 Å². The first-order valence-corrected chi connectivity index (χ1v) is 10.5. The zero-order valence-electron chi connectivity index (χ0n) is 18.1. The number of guanidine groups is 1. The summed E-state index contributed by atoms with van der Waals surface area (Å²) in [5, 5.41) is 4.22. The van der Waals surface area contributed by atoms with Gasteiger partial charge in [0.2, 0.25) is 5.91 Å². The van der Waals surface area contributed by atoms with Crippen LogP contribution in [0.25, 0.3) is 0 Å². The van der Waals surface area contributed by atoms with Crippen molar-refractivity contribution in [1.82, 2.24) is 20.0 Å². The molecule has 0 saturated carbocycles. The molecule has 0 spiro atoms. The maximum Gasteiger partial charge on any atom is 0.242 e. The van der Waals surface area contributed by atoms with Gasteiger partial charge in [0, 0.05) is 57.0 Å². The van der Waals surface area contributed by atoms with Gasteiger partial charge < -0.3 is 24.8 Å². The molecule has 0 unspecified atom stereocenters. The number of likely N-dealkylation sites (N-methyl/N-ethyl adjacent to an activating group) is 1. The summed E-state index contributed by atoms with van der Waals surface area (Å²) in [4.78, 5) is 23.4. The van der Waals surface area contributed by atoms with E-state index in [0.29, 0.717) is 24.7 Å². The molecule has 2 saturated heterocycles. The Bertz CT molecular complexity index is 723. The van der Waals surface area contributed by atoms with Gasteiger partial charge >= 0.3 is 0 Å². The molecule has 2 aliphatic heterocycles. The van der Waals surface area contributed by atoms with Gasteiger partial charge in [-0.15, -0.1) is 24.0 Å². The second-order valence-corrected chi connectivity index (χ2v) is 8.43. The van der Waals surface area contributed by atoms with Crippen LogP contribution < -0.4 is 5.32 Å². The average molecular weight is 550 g/mol. The first kappa shape index (κ1) is 25.2. The Morgan fingerprint density at radius 1 is 1.23 bits per heavy atom. The number of carbonyl (C=O) groups is 1. The molecule has 7 nitrogen and oxygen atoms in total. The second kappa shape index (κ2) is 11.5. The minimum atomic E-state index is 0. The monoisotopic (exact) mass is 549 g/mol. The van der Waals surface area contributed by atoms with Crippen LogP contribution in [0.1, 0.15) is 18.4 Å². The van der Waals surface area contributed by atoms with Crippen LogP contribution >= 0.6 is 35.6 Å². The Morgan fingerprint density at radius 3 is 2.47 bits per heavy atom. The van der Waals surface area contributed by atoms with Crippen LogP contribution in [0.2, 0.25) is 5.02 Å². The molecule has 9 heteroatoms. The van der Waals surface area contributed by atoms with Gasteiger partial charge in [-0.1, -0.05) is 23.7 Å². The van der Waals surface area contributed by atoms with Crippen molar-refractivity contribution in [2.45, 2.75) is 24.9 Å². The maximum absolute atomic E-state index is 12.7. The van der Waals surface area contributed by atoms with Gasteiger partial charge in [0.15, 0.2) is 5.96 Å². The van der Waals surface area contributed by atoms with E-state index in [1.807, 2.05) is 34.1 Å². The summed E-state index contributed by atoms with van der Waals surface area (Å²) in [6.07, 6.45) is 1.97. The summed E-state index contributed by atoms with van der Waals surface area (Å²) in [6, 6.07) is 7.66. The lowest BCUT2D eigenvalue weighted by atomic mass is 9.88. The van der Waals surface area contributed by atoms with Crippen LogP contribution in [0.15, 0.2) is 29.3 Å². The molecule has 0 bridgehead atoms. The molecule has 0 aromatic heterocycles. The molecule has 0 radical (unpaired) electrons. The van der Waals surface area contributed by atoms with E-state index in [4.69, 9.17) is 16.3 Å². The number of amides is 1. The number of carbonyl (C=O) groups excluding carboxylic acids is 1. The molecule has 2 heterocycles. The third-order valence-electron chi connectivity index (χ3n) is 6.06. The summed E-state index contributed by atoms with van der Waals surface area (Å²) in [5.41, 5.74) is 1.14. The fourth-order valence-corrected chi connectivity index (χ4v) is 4.10. The molecule has 1 N–H and O–H groups in total. The minimum absolute atomic E-state index is 0. The zero-order chi connectivity index (χ0) is 20.9. The van der Waals surface area contributed by atoms with E-state index in [9.17, 15) is 4.79 Å². The van der Waals surface area contributed by atoms with E-state index in [1.54, 1.807) is 7.05 Å². The van der Waals surface area contributed by atoms with E-state index >= 15 is 0 Å². The van der Waals surface area contributed by atoms with Gasteiger partial charge in [-0.05, 0) is 44.6 Å². The highest BCUT2D eigenvalue weighted by Crippen LogP contribution is 2.25. The minimum Gasteiger partial charge on any atom is -0.381 e. The van der Waals surface area contributed by atoms with Crippen molar-refractivity contribution in [3.63, 3.8) is 0 Å². The number of aliphatic imine (C=N–C) groups is 1. The lowest BCUT2D eigenvalue weighted by Crippen LogP contribution is -2.60. The van der Waals surface area contributed by atoms with Crippen molar-refractivity contribution in [2.24, 2.45) is 4.99 Å². The quantitative estimate of drug-likeness (QED) is 0.347. The molecule has 1 amide bonds. The Balaban J connectivity index is 0.00000320. The van der Waals surface area contributed by atoms with E-state index in [-0.39, 0.29) is 35.4 Å². The lowest BCUT2D eigenvalue weighted by Gasteiger charge is -2.44. The van der Waals surface area contributed by atoms with Crippen LogP contribution in [-0.4, -0.2) is 92.6 Å². The third kappa shape index (κ3) is 6.21. The van der Waals surface area contributed by atoms with Crippen molar-refractivity contribution < 1.29 is 9.53 Å². The van der Waals surface area contributed by atoms with Gasteiger partial charge in [0.05, 0.1) is 6.54 Å². The second-order valence-electron chi connectivity index (χ2n) is 8.00. The van der Waals surface area contributed by atoms with Crippen molar-refractivity contribution in [3.8, 4) is 0 Å². The average Bonchev–Trinajstić information content (AvgIpc) is 2.72. The number of rotatable bonds is 5. The Hall–Kier alpha value is -1.10. The standard InChI is InChI=1S/C21H32ClN5O2.HI/c1-23-20(24-16-21(25(2)3)8-12-29-13-9-21)27-11-10-26(19(28)15-27)14-17-4-6-18(22)7-5-17;/h4-7H,8-16H2,1-3H3,(H,23,24);1H. The largest absolute Gasteiger partial charge is 0.381 e. The molecule has 2 fully saturated rings. The normalized spacial score (nSPS) is 19.6. The van der Waals surface area contributed by atoms with Gasteiger partial charge in [0.25, 0.3) is 0 Å². The number of nitrogens with zero attached hydrogens (tertiary/aromatic N) is 4. The summed E-state index contributed by atoms with van der Waals surface area (Å²) in [5.74, 6) is 0.903. The van der Waals surface area contributed by atoms with Crippen LogP contribution in [-0.2, 0) is 16.1 Å². The Morgan fingerprint density at radius 2 is 1.90 bits per heavy atom. The Kier molecular flexibility index (Phi) is 9.65. The molecule has 168 valence electrons. The number of hydrogen-bond acceptors (Lipinski definition) is 4. The van der Waals surface area contributed by atoms with Gasteiger partial charge in [0.1, 0.15) is 0 Å². The zero-order valence-corrected chi connectivity index (χ0v) is 21.2. The van der Waals surface area contributed by atoms with Crippen LogP contribution in [0.4, 0.5) is 0 Å². The summed E-state index contributed by atoms with van der Waals surface area (Å²) in [7, 11) is 6.02. The number of hydrogen-bond donors (Lipinski definition) is 1. The maximum atomic E-state index is 12.7. The van der Waals surface area contributed by atoms with E-state index in [2.05, 4.69) is 29.3 Å². The molecule has 0 atom stereocenters. The van der Waals surface area contributed by atoms with Gasteiger partial charge in [-0.3, -0.25) is 9.79 Å². The summed E-state index contributed by atoms with van der Waals surface area (Å²) in [6.45, 7) is 4.73. The predicted octanol–water partition coefficient (Wildman–Crippen LogP) is 2.29. The molecule has 1 aromatic carbocycles. The highest BCUT2D eigenvalue weighted by atomic mass is 127.